The molecule has 0 aliphatic heterocycles. The van der Waals surface area contributed by atoms with Crippen LogP contribution in [-0.2, 0) is 12.8 Å². The highest BCUT2D eigenvalue weighted by molar-refractivity contribution is 6.31. The van der Waals surface area contributed by atoms with Crippen molar-refractivity contribution in [3.8, 4) is 11.5 Å². The average molecular weight is 367 g/mol. The van der Waals surface area contributed by atoms with E-state index in [1.165, 1.54) is 5.56 Å². The van der Waals surface area contributed by atoms with Gasteiger partial charge in [0.2, 0.25) is 0 Å². The van der Waals surface area contributed by atoms with Crippen molar-refractivity contribution in [2.24, 2.45) is 5.73 Å². The third kappa shape index (κ3) is 3.19. The van der Waals surface area contributed by atoms with Crippen LogP contribution in [0.5, 0.6) is 0 Å². The summed E-state index contributed by atoms with van der Waals surface area (Å²) in [5.41, 5.74) is 9.32. The number of aromatic amines is 1. The Morgan fingerprint density at radius 2 is 2.08 bits per heavy atom. The van der Waals surface area contributed by atoms with Crippen LogP contribution in [0.25, 0.3) is 22.4 Å². The number of nitrogens with zero attached hydrogens (tertiary/aromatic N) is 2. The van der Waals surface area contributed by atoms with Crippen molar-refractivity contribution in [2.45, 2.75) is 12.8 Å². The standard InChI is InChI=1S/C19H15ClN4O2/c20-14-6-7-16-15(9-14)13(10-22-16)5-4-11-2-1-3-12(8-11)19-23-18(17(21)25)24-26-19/h1-3,6-10,22H,4-5H2,(H2,21,25). The molecule has 1 amide bonds. The van der Waals surface area contributed by atoms with Crippen molar-refractivity contribution in [3.05, 3.63) is 70.6 Å². The zero-order chi connectivity index (χ0) is 18.1. The molecular weight excluding hydrogens is 352 g/mol. The predicted molar refractivity (Wildman–Crippen MR) is 99.0 cm³/mol. The van der Waals surface area contributed by atoms with Gasteiger partial charge in [-0.2, -0.15) is 4.98 Å². The minimum absolute atomic E-state index is 0.124. The molecule has 0 unspecified atom stereocenters. The summed E-state index contributed by atoms with van der Waals surface area (Å²) in [6, 6.07) is 13.6. The van der Waals surface area contributed by atoms with Crippen LogP contribution in [0, 0.1) is 0 Å². The number of nitrogens with one attached hydrogen (secondary N) is 1. The number of nitrogens with two attached hydrogens (primary N) is 1. The summed E-state index contributed by atoms with van der Waals surface area (Å²) >= 11 is 6.11. The Morgan fingerprint density at radius 3 is 2.88 bits per heavy atom. The SMILES string of the molecule is NC(=O)c1noc(-c2cccc(CCc3c[nH]c4ccc(Cl)cc34)c2)n1. The van der Waals surface area contributed by atoms with Gasteiger partial charge in [-0.25, -0.2) is 0 Å². The Kier molecular flexibility index (Phi) is 4.18. The molecule has 2 heterocycles. The largest absolute Gasteiger partial charge is 0.363 e. The van der Waals surface area contributed by atoms with E-state index in [2.05, 4.69) is 15.1 Å². The fraction of sp³-hybridized carbons (Fsp3) is 0.105. The third-order valence-corrected chi connectivity index (χ3v) is 4.47. The van der Waals surface area contributed by atoms with Crippen LogP contribution in [0.3, 0.4) is 0 Å². The summed E-state index contributed by atoms with van der Waals surface area (Å²) in [6.45, 7) is 0. The molecule has 6 nitrogen and oxygen atoms in total. The van der Waals surface area contributed by atoms with Gasteiger partial charge in [0.05, 0.1) is 0 Å². The Bertz CT molecular complexity index is 1100. The van der Waals surface area contributed by atoms with E-state index in [9.17, 15) is 4.79 Å². The number of aromatic nitrogens is 3. The highest BCUT2D eigenvalue weighted by Crippen LogP contribution is 2.24. The molecule has 4 rings (SSSR count). The van der Waals surface area contributed by atoms with Gasteiger partial charge in [0, 0.05) is 27.7 Å². The molecule has 26 heavy (non-hydrogen) atoms. The molecule has 0 spiro atoms. The second kappa shape index (κ2) is 6.65. The lowest BCUT2D eigenvalue weighted by molar-refractivity contribution is 0.0987. The molecule has 0 aliphatic carbocycles. The molecule has 0 fully saturated rings. The highest BCUT2D eigenvalue weighted by Gasteiger charge is 2.13. The molecule has 0 saturated heterocycles. The fourth-order valence-electron chi connectivity index (χ4n) is 2.94. The first-order chi connectivity index (χ1) is 12.6. The highest BCUT2D eigenvalue weighted by atomic mass is 35.5. The lowest BCUT2D eigenvalue weighted by atomic mass is 10.0. The number of aryl methyl sites for hydroxylation is 2. The van der Waals surface area contributed by atoms with Crippen molar-refractivity contribution >= 4 is 28.4 Å². The van der Waals surface area contributed by atoms with Gasteiger partial charge >= 0.3 is 0 Å². The molecule has 0 atom stereocenters. The number of H-pyrrole nitrogens is 1. The number of rotatable bonds is 5. The molecule has 0 radical (unpaired) electrons. The molecule has 7 heteroatoms. The van der Waals surface area contributed by atoms with E-state index < -0.39 is 5.91 Å². The quantitative estimate of drug-likeness (QED) is 0.562. The van der Waals surface area contributed by atoms with E-state index in [1.807, 2.05) is 48.7 Å². The van der Waals surface area contributed by atoms with Crippen molar-refractivity contribution in [1.29, 1.82) is 0 Å². The Morgan fingerprint density at radius 1 is 1.19 bits per heavy atom. The number of carbonyl (C=O) groups is 1. The van der Waals surface area contributed by atoms with Crippen LogP contribution in [-0.4, -0.2) is 21.0 Å². The molecule has 130 valence electrons. The van der Waals surface area contributed by atoms with Crippen LogP contribution >= 0.6 is 11.6 Å². The van der Waals surface area contributed by atoms with Crippen LogP contribution < -0.4 is 5.73 Å². The molecule has 0 aliphatic rings. The van der Waals surface area contributed by atoms with Crippen molar-refractivity contribution in [2.75, 3.05) is 0 Å². The number of carbonyl (C=O) groups excluding carboxylic acids is 1. The lowest BCUT2D eigenvalue weighted by Gasteiger charge is -2.03. The van der Waals surface area contributed by atoms with E-state index in [-0.39, 0.29) is 11.7 Å². The Balaban J connectivity index is 1.55. The number of hydrogen-bond acceptors (Lipinski definition) is 4. The van der Waals surface area contributed by atoms with E-state index in [0.29, 0.717) is 0 Å². The first kappa shape index (κ1) is 16.4. The van der Waals surface area contributed by atoms with Crippen LogP contribution in [0.15, 0.2) is 53.2 Å². The van der Waals surface area contributed by atoms with E-state index >= 15 is 0 Å². The summed E-state index contributed by atoms with van der Waals surface area (Å²) in [5, 5.41) is 5.43. The normalized spacial score (nSPS) is 11.1. The monoisotopic (exact) mass is 366 g/mol. The van der Waals surface area contributed by atoms with Crippen molar-refractivity contribution in [1.82, 2.24) is 15.1 Å². The molecule has 3 N–H and O–H groups in total. The summed E-state index contributed by atoms with van der Waals surface area (Å²) in [5.74, 6) is -0.560. The molecular formula is C19H15ClN4O2. The number of fused-ring (bicyclic) bond motifs is 1. The lowest BCUT2D eigenvalue weighted by Crippen LogP contribution is -2.12. The number of amides is 1. The molecule has 2 aromatic heterocycles. The van der Waals surface area contributed by atoms with Gasteiger partial charge in [-0.1, -0.05) is 28.9 Å². The minimum Gasteiger partial charge on any atom is -0.363 e. The van der Waals surface area contributed by atoms with Crippen LogP contribution in [0.4, 0.5) is 0 Å². The molecule has 0 bridgehead atoms. The van der Waals surface area contributed by atoms with Gasteiger partial charge in [-0.05, 0) is 54.3 Å². The first-order valence-corrected chi connectivity index (χ1v) is 8.46. The van der Waals surface area contributed by atoms with Gasteiger partial charge in [0.25, 0.3) is 17.6 Å². The molecule has 4 aromatic rings. The summed E-state index contributed by atoms with van der Waals surface area (Å²) < 4.78 is 5.11. The van der Waals surface area contributed by atoms with E-state index in [0.717, 1.165) is 39.9 Å². The van der Waals surface area contributed by atoms with Gasteiger partial charge in [-0.3, -0.25) is 4.79 Å². The molecule has 0 saturated carbocycles. The van der Waals surface area contributed by atoms with Crippen LogP contribution in [0.1, 0.15) is 21.7 Å². The number of halogens is 1. The topological polar surface area (TPSA) is 97.8 Å². The Labute approximate surface area is 154 Å². The maximum absolute atomic E-state index is 11.1. The zero-order valence-electron chi connectivity index (χ0n) is 13.7. The second-order valence-electron chi connectivity index (χ2n) is 5.99. The second-order valence-corrected chi connectivity index (χ2v) is 6.43. The smallest absolute Gasteiger partial charge is 0.290 e. The summed E-state index contributed by atoms with van der Waals surface area (Å²) in [6.07, 6.45) is 3.71. The van der Waals surface area contributed by atoms with E-state index in [4.69, 9.17) is 21.9 Å². The fourth-order valence-corrected chi connectivity index (χ4v) is 3.11. The molecule has 2 aromatic carbocycles. The minimum atomic E-state index is -0.714. The average Bonchev–Trinajstić information content (AvgIpc) is 3.27. The summed E-state index contributed by atoms with van der Waals surface area (Å²) in [7, 11) is 0. The van der Waals surface area contributed by atoms with Crippen molar-refractivity contribution in [3.63, 3.8) is 0 Å². The predicted octanol–water partition coefficient (Wildman–Crippen LogP) is 3.76. The van der Waals surface area contributed by atoms with Crippen LogP contribution in [0.2, 0.25) is 5.02 Å². The third-order valence-electron chi connectivity index (χ3n) is 4.23. The van der Waals surface area contributed by atoms with Gasteiger partial charge in [0.1, 0.15) is 0 Å². The zero-order valence-corrected chi connectivity index (χ0v) is 14.5. The van der Waals surface area contributed by atoms with Gasteiger partial charge in [-0.15, -0.1) is 0 Å². The summed E-state index contributed by atoms with van der Waals surface area (Å²) in [4.78, 5) is 18.4. The van der Waals surface area contributed by atoms with Gasteiger partial charge in [0.15, 0.2) is 0 Å². The maximum Gasteiger partial charge on any atom is 0.290 e. The Hall–Kier alpha value is -3.12. The first-order valence-electron chi connectivity index (χ1n) is 8.08. The van der Waals surface area contributed by atoms with E-state index in [1.54, 1.807) is 0 Å². The van der Waals surface area contributed by atoms with Gasteiger partial charge < -0.3 is 15.2 Å². The number of hydrogen-bond donors (Lipinski definition) is 2. The van der Waals surface area contributed by atoms with Crippen molar-refractivity contribution < 1.29 is 9.32 Å². The number of primary amides is 1. The maximum atomic E-state index is 11.1. The number of benzene rings is 2.